The lowest BCUT2D eigenvalue weighted by Gasteiger charge is -1.95. The summed E-state index contributed by atoms with van der Waals surface area (Å²) in [6, 6.07) is 1.67. The van der Waals surface area contributed by atoms with Crippen LogP contribution in [0.2, 0.25) is 5.15 Å². The van der Waals surface area contributed by atoms with Gasteiger partial charge in [0.05, 0.1) is 0 Å². The van der Waals surface area contributed by atoms with E-state index < -0.39 is 0 Å². The Kier molecular flexibility index (Phi) is 2.63. The van der Waals surface area contributed by atoms with E-state index in [1.165, 1.54) is 0 Å². The Morgan fingerprint density at radius 1 is 1.60 bits per heavy atom. The number of rotatable bonds is 1. The zero-order valence-corrected chi connectivity index (χ0v) is 7.78. The molecule has 0 aliphatic rings. The first-order chi connectivity index (χ1) is 4.72. The largest absolute Gasteiger partial charge is 0.226 e. The number of halogens is 2. The van der Waals surface area contributed by atoms with Gasteiger partial charge >= 0.3 is 0 Å². The van der Waals surface area contributed by atoms with Gasteiger partial charge in [-0.05, 0) is 15.9 Å². The van der Waals surface area contributed by atoms with Gasteiger partial charge in [-0.25, -0.2) is 9.97 Å². The van der Waals surface area contributed by atoms with Crippen molar-refractivity contribution in [3.05, 3.63) is 21.6 Å². The monoisotopic (exact) mass is 220 g/mol. The van der Waals surface area contributed by atoms with Crippen LogP contribution in [0.3, 0.4) is 0 Å². The van der Waals surface area contributed by atoms with Crippen molar-refractivity contribution in [3.63, 3.8) is 0 Å². The number of nitrogens with zero attached hydrogens (tertiary/aromatic N) is 2. The predicted molar refractivity (Wildman–Crippen MR) is 44.1 cm³/mol. The zero-order chi connectivity index (χ0) is 7.56. The van der Waals surface area contributed by atoms with Gasteiger partial charge in [0.15, 0.2) is 0 Å². The third-order valence-electron chi connectivity index (χ3n) is 1.03. The van der Waals surface area contributed by atoms with Crippen molar-refractivity contribution in [1.82, 2.24) is 9.97 Å². The first-order valence-electron chi connectivity index (χ1n) is 2.91. The standard InChI is InChI=1S/C6H6BrClN2/c1-2-6-9-4(7)3-5(8)10-6/h3H,2H2,1H3. The van der Waals surface area contributed by atoms with Crippen LogP contribution in [0, 0.1) is 0 Å². The van der Waals surface area contributed by atoms with Crippen molar-refractivity contribution in [1.29, 1.82) is 0 Å². The number of hydrogen-bond acceptors (Lipinski definition) is 2. The Morgan fingerprint density at radius 3 is 2.80 bits per heavy atom. The fourth-order valence-electron chi connectivity index (χ4n) is 0.593. The maximum absolute atomic E-state index is 5.65. The fourth-order valence-corrected chi connectivity index (χ4v) is 1.35. The van der Waals surface area contributed by atoms with Crippen molar-refractivity contribution in [2.24, 2.45) is 0 Å². The molecule has 1 aromatic rings. The van der Waals surface area contributed by atoms with Crippen LogP contribution in [-0.2, 0) is 6.42 Å². The van der Waals surface area contributed by atoms with E-state index >= 15 is 0 Å². The van der Waals surface area contributed by atoms with Gasteiger partial charge < -0.3 is 0 Å². The summed E-state index contributed by atoms with van der Waals surface area (Å²) < 4.78 is 0.740. The maximum Gasteiger partial charge on any atom is 0.133 e. The minimum Gasteiger partial charge on any atom is -0.226 e. The second-order valence-electron chi connectivity index (χ2n) is 1.78. The average Bonchev–Trinajstić information content (AvgIpc) is 1.85. The Bertz CT molecular complexity index is 219. The van der Waals surface area contributed by atoms with Crippen LogP contribution in [0.4, 0.5) is 0 Å². The van der Waals surface area contributed by atoms with E-state index in [-0.39, 0.29) is 0 Å². The second-order valence-corrected chi connectivity index (χ2v) is 2.98. The van der Waals surface area contributed by atoms with Crippen LogP contribution in [0.1, 0.15) is 12.7 Å². The van der Waals surface area contributed by atoms with Crippen LogP contribution < -0.4 is 0 Å². The number of hydrogen-bond donors (Lipinski definition) is 0. The molecular formula is C6H6BrClN2. The molecule has 10 heavy (non-hydrogen) atoms. The SMILES string of the molecule is CCc1nc(Cl)cc(Br)n1. The molecule has 1 heterocycles. The summed E-state index contributed by atoms with van der Waals surface area (Å²) >= 11 is 8.87. The average molecular weight is 221 g/mol. The van der Waals surface area contributed by atoms with Gasteiger partial charge in [-0.15, -0.1) is 0 Å². The molecule has 0 amide bonds. The number of aromatic nitrogens is 2. The fraction of sp³-hybridized carbons (Fsp3) is 0.333. The highest BCUT2D eigenvalue weighted by Crippen LogP contribution is 2.12. The Morgan fingerprint density at radius 2 is 2.30 bits per heavy atom. The molecule has 0 spiro atoms. The molecule has 0 unspecified atom stereocenters. The van der Waals surface area contributed by atoms with Gasteiger partial charge in [0.2, 0.25) is 0 Å². The molecule has 0 saturated carbocycles. The van der Waals surface area contributed by atoms with E-state index in [9.17, 15) is 0 Å². The molecule has 0 aliphatic carbocycles. The topological polar surface area (TPSA) is 25.8 Å². The summed E-state index contributed by atoms with van der Waals surface area (Å²) in [4.78, 5) is 8.05. The zero-order valence-electron chi connectivity index (χ0n) is 5.43. The van der Waals surface area contributed by atoms with Crippen molar-refractivity contribution >= 4 is 27.5 Å². The van der Waals surface area contributed by atoms with Gasteiger partial charge in [0.25, 0.3) is 0 Å². The van der Waals surface area contributed by atoms with Crippen LogP contribution in [0.15, 0.2) is 10.7 Å². The summed E-state index contributed by atoms with van der Waals surface area (Å²) in [6.45, 7) is 1.98. The quantitative estimate of drug-likeness (QED) is 0.681. The highest BCUT2D eigenvalue weighted by molar-refractivity contribution is 9.10. The van der Waals surface area contributed by atoms with Gasteiger partial charge in [0, 0.05) is 12.5 Å². The summed E-state index contributed by atoms with van der Waals surface area (Å²) in [7, 11) is 0. The summed E-state index contributed by atoms with van der Waals surface area (Å²) in [5.74, 6) is 0.763. The smallest absolute Gasteiger partial charge is 0.133 e. The van der Waals surface area contributed by atoms with Gasteiger partial charge in [-0.2, -0.15) is 0 Å². The molecule has 2 nitrogen and oxygen atoms in total. The van der Waals surface area contributed by atoms with Crippen molar-refractivity contribution < 1.29 is 0 Å². The minimum absolute atomic E-state index is 0.485. The van der Waals surface area contributed by atoms with Crippen LogP contribution in [0.25, 0.3) is 0 Å². The van der Waals surface area contributed by atoms with Gasteiger partial charge in [-0.3, -0.25) is 0 Å². The number of aryl methyl sites for hydroxylation is 1. The lowest BCUT2D eigenvalue weighted by Crippen LogP contribution is -1.92. The van der Waals surface area contributed by atoms with Crippen molar-refractivity contribution in [3.8, 4) is 0 Å². The molecule has 0 saturated heterocycles. The molecule has 1 rings (SSSR count). The second kappa shape index (κ2) is 3.30. The molecule has 0 N–H and O–H groups in total. The lowest BCUT2D eigenvalue weighted by atomic mass is 10.4. The summed E-state index contributed by atoms with van der Waals surface area (Å²) in [6.07, 6.45) is 0.805. The normalized spacial score (nSPS) is 9.90. The molecule has 1 aromatic heterocycles. The highest BCUT2D eigenvalue weighted by atomic mass is 79.9. The molecule has 0 atom stereocenters. The molecule has 54 valence electrons. The van der Waals surface area contributed by atoms with Gasteiger partial charge in [-0.1, -0.05) is 18.5 Å². The van der Waals surface area contributed by atoms with E-state index in [1.54, 1.807) is 6.07 Å². The van der Waals surface area contributed by atoms with E-state index in [4.69, 9.17) is 11.6 Å². The van der Waals surface area contributed by atoms with E-state index in [1.807, 2.05) is 6.92 Å². The Balaban J connectivity index is 3.06. The minimum atomic E-state index is 0.485. The highest BCUT2D eigenvalue weighted by Gasteiger charge is 1.97. The molecule has 0 fully saturated rings. The van der Waals surface area contributed by atoms with Gasteiger partial charge in [0.1, 0.15) is 15.6 Å². The third kappa shape index (κ3) is 1.92. The molecule has 0 aliphatic heterocycles. The van der Waals surface area contributed by atoms with E-state index in [0.29, 0.717) is 5.15 Å². The van der Waals surface area contributed by atoms with E-state index in [0.717, 1.165) is 16.8 Å². The van der Waals surface area contributed by atoms with Crippen molar-refractivity contribution in [2.45, 2.75) is 13.3 Å². The molecule has 4 heteroatoms. The van der Waals surface area contributed by atoms with Crippen LogP contribution in [-0.4, -0.2) is 9.97 Å². The maximum atomic E-state index is 5.65. The summed E-state index contributed by atoms with van der Waals surface area (Å²) in [5.41, 5.74) is 0. The van der Waals surface area contributed by atoms with E-state index in [2.05, 4.69) is 25.9 Å². The van der Waals surface area contributed by atoms with Crippen molar-refractivity contribution in [2.75, 3.05) is 0 Å². The molecule has 0 aromatic carbocycles. The Labute approximate surface area is 72.8 Å². The predicted octanol–water partition coefficient (Wildman–Crippen LogP) is 2.45. The van der Waals surface area contributed by atoms with Crippen LogP contribution >= 0.6 is 27.5 Å². The first-order valence-corrected chi connectivity index (χ1v) is 4.08. The Hall–Kier alpha value is -0.150. The van der Waals surface area contributed by atoms with Crippen LogP contribution in [0.5, 0.6) is 0 Å². The third-order valence-corrected chi connectivity index (χ3v) is 1.63. The summed E-state index contributed by atoms with van der Waals surface area (Å²) in [5, 5.41) is 0.485. The molecular weight excluding hydrogens is 215 g/mol. The lowest BCUT2D eigenvalue weighted by molar-refractivity contribution is 0.928. The molecule has 0 radical (unpaired) electrons. The first kappa shape index (κ1) is 7.95. The molecule has 0 bridgehead atoms.